The third kappa shape index (κ3) is 3.93. The molecule has 3 heteroatoms. The lowest BCUT2D eigenvalue weighted by Crippen LogP contribution is -2.41. The zero-order valence-electron chi connectivity index (χ0n) is 11.3. The minimum absolute atomic E-state index is 0.584. The molecule has 0 amide bonds. The van der Waals surface area contributed by atoms with Crippen molar-refractivity contribution in [3.05, 3.63) is 0 Å². The van der Waals surface area contributed by atoms with Crippen LogP contribution in [0.2, 0.25) is 0 Å². The first-order valence-electron chi connectivity index (χ1n) is 7.21. The Morgan fingerprint density at radius 2 is 1.71 bits per heavy atom. The van der Waals surface area contributed by atoms with E-state index in [-0.39, 0.29) is 0 Å². The summed E-state index contributed by atoms with van der Waals surface area (Å²) in [5, 5.41) is 1.20. The van der Waals surface area contributed by atoms with Gasteiger partial charge in [0.25, 0.3) is 0 Å². The van der Waals surface area contributed by atoms with Crippen molar-refractivity contribution in [1.29, 1.82) is 0 Å². The van der Waals surface area contributed by atoms with Gasteiger partial charge in [-0.25, -0.2) is 0 Å². The molecule has 0 radical (unpaired) electrons. The topological polar surface area (TPSA) is 6.48 Å². The molecule has 0 atom stereocenters. The predicted octanol–water partition coefficient (Wildman–Crippen LogP) is 2.97. The summed E-state index contributed by atoms with van der Waals surface area (Å²) in [6.07, 6.45) is 8.56. The highest BCUT2D eigenvalue weighted by Crippen LogP contribution is 2.38. The van der Waals surface area contributed by atoms with E-state index < -0.39 is 0 Å². The Kier molecular flexibility index (Phi) is 5.31. The van der Waals surface area contributed by atoms with E-state index in [0.29, 0.717) is 5.41 Å². The summed E-state index contributed by atoms with van der Waals surface area (Å²) in [5.74, 6) is 0. The molecule has 0 spiro atoms. The van der Waals surface area contributed by atoms with E-state index >= 15 is 0 Å². The van der Waals surface area contributed by atoms with Gasteiger partial charge >= 0.3 is 0 Å². The Bertz CT molecular complexity index is 226. The molecule has 1 saturated carbocycles. The van der Waals surface area contributed by atoms with Crippen molar-refractivity contribution in [2.45, 2.75) is 38.5 Å². The monoisotopic (exact) mass is 302 g/mol. The van der Waals surface area contributed by atoms with Crippen LogP contribution in [0.1, 0.15) is 38.5 Å². The fourth-order valence-electron chi connectivity index (χ4n) is 3.37. The second-order valence-electron chi connectivity index (χ2n) is 6.13. The summed E-state index contributed by atoms with van der Waals surface area (Å²) in [7, 11) is 2.25. The number of hydrogen-bond acceptors (Lipinski definition) is 2. The van der Waals surface area contributed by atoms with Gasteiger partial charge in [-0.2, -0.15) is 0 Å². The van der Waals surface area contributed by atoms with Crippen molar-refractivity contribution in [3.63, 3.8) is 0 Å². The second-order valence-corrected chi connectivity index (χ2v) is 6.69. The minimum Gasteiger partial charge on any atom is -0.305 e. The van der Waals surface area contributed by atoms with E-state index in [4.69, 9.17) is 0 Å². The molecule has 2 nitrogen and oxygen atoms in total. The Labute approximate surface area is 115 Å². The summed E-state index contributed by atoms with van der Waals surface area (Å²) in [6.45, 7) is 6.42. The molecule has 0 N–H and O–H groups in total. The molecule has 17 heavy (non-hydrogen) atoms. The first-order valence-corrected chi connectivity index (χ1v) is 8.33. The van der Waals surface area contributed by atoms with Crippen molar-refractivity contribution in [2.75, 3.05) is 45.1 Å². The van der Waals surface area contributed by atoms with Crippen LogP contribution in [0.5, 0.6) is 0 Å². The lowest BCUT2D eigenvalue weighted by Gasteiger charge is -2.39. The number of nitrogens with zero attached hydrogens (tertiary/aromatic N) is 2. The molecule has 0 aromatic rings. The highest BCUT2D eigenvalue weighted by Gasteiger charge is 2.33. The van der Waals surface area contributed by atoms with Gasteiger partial charge in [-0.1, -0.05) is 35.2 Å². The van der Waals surface area contributed by atoms with Crippen molar-refractivity contribution >= 4 is 15.9 Å². The van der Waals surface area contributed by atoms with Crippen LogP contribution in [-0.4, -0.2) is 54.9 Å². The van der Waals surface area contributed by atoms with Gasteiger partial charge in [-0.3, -0.25) is 0 Å². The Balaban J connectivity index is 1.88. The van der Waals surface area contributed by atoms with Gasteiger partial charge in [0.2, 0.25) is 0 Å². The molecule has 0 aromatic heterocycles. The van der Waals surface area contributed by atoms with E-state index in [1.54, 1.807) is 0 Å². The van der Waals surface area contributed by atoms with Gasteiger partial charge < -0.3 is 9.80 Å². The van der Waals surface area contributed by atoms with Crippen LogP contribution in [0.3, 0.4) is 0 Å². The van der Waals surface area contributed by atoms with Gasteiger partial charge in [-0.15, -0.1) is 0 Å². The molecule has 1 heterocycles. The average Bonchev–Trinajstić information content (AvgIpc) is 2.56. The highest BCUT2D eigenvalue weighted by atomic mass is 79.9. The van der Waals surface area contributed by atoms with Crippen LogP contribution in [0.4, 0.5) is 0 Å². The largest absolute Gasteiger partial charge is 0.305 e. The second kappa shape index (κ2) is 6.53. The summed E-state index contributed by atoms with van der Waals surface area (Å²) < 4.78 is 0. The van der Waals surface area contributed by atoms with E-state index in [9.17, 15) is 0 Å². The Morgan fingerprint density at radius 3 is 2.41 bits per heavy atom. The van der Waals surface area contributed by atoms with E-state index in [1.165, 1.54) is 76.6 Å². The first kappa shape index (κ1) is 13.8. The smallest absolute Gasteiger partial charge is 0.0109 e. The Hall–Kier alpha value is 0.400. The fraction of sp³-hybridized carbons (Fsp3) is 1.00. The average molecular weight is 303 g/mol. The van der Waals surface area contributed by atoms with E-state index in [0.717, 1.165) is 0 Å². The van der Waals surface area contributed by atoms with Gasteiger partial charge in [0.15, 0.2) is 0 Å². The number of alkyl halides is 1. The minimum atomic E-state index is 0.584. The predicted molar refractivity (Wildman–Crippen MR) is 77.9 cm³/mol. The zero-order valence-corrected chi connectivity index (χ0v) is 12.8. The number of halogens is 1. The maximum atomic E-state index is 3.79. The first-order chi connectivity index (χ1) is 8.24. The summed E-state index contributed by atoms with van der Waals surface area (Å²) >= 11 is 3.79. The summed E-state index contributed by atoms with van der Waals surface area (Å²) in [4.78, 5) is 5.19. The Morgan fingerprint density at radius 1 is 0.941 bits per heavy atom. The molecule has 0 unspecified atom stereocenters. The lowest BCUT2D eigenvalue weighted by atomic mass is 9.75. The van der Waals surface area contributed by atoms with Crippen LogP contribution in [0.25, 0.3) is 0 Å². The summed E-state index contributed by atoms with van der Waals surface area (Å²) in [6, 6.07) is 0. The van der Waals surface area contributed by atoms with Gasteiger partial charge in [0.1, 0.15) is 0 Å². The SMILES string of the molecule is CN1CCCN(CC2(CBr)CCCCC2)CC1. The highest BCUT2D eigenvalue weighted by molar-refractivity contribution is 9.09. The van der Waals surface area contributed by atoms with Crippen LogP contribution in [0, 0.1) is 5.41 Å². The van der Waals surface area contributed by atoms with E-state index in [2.05, 4.69) is 32.8 Å². The lowest BCUT2D eigenvalue weighted by molar-refractivity contribution is 0.129. The van der Waals surface area contributed by atoms with Gasteiger partial charge in [-0.05, 0) is 44.8 Å². The van der Waals surface area contributed by atoms with Crippen LogP contribution < -0.4 is 0 Å². The van der Waals surface area contributed by atoms with Gasteiger partial charge in [0.05, 0.1) is 0 Å². The molecule has 100 valence electrons. The van der Waals surface area contributed by atoms with Crippen molar-refractivity contribution < 1.29 is 0 Å². The third-order valence-electron chi connectivity index (χ3n) is 4.57. The molecule has 2 rings (SSSR count). The molecular weight excluding hydrogens is 276 g/mol. The van der Waals surface area contributed by atoms with Crippen LogP contribution in [0.15, 0.2) is 0 Å². The maximum Gasteiger partial charge on any atom is 0.0109 e. The van der Waals surface area contributed by atoms with E-state index in [1.807, 2.05) is 0 Å². The molecule has 1 saturated heterocycles. The molecule has 1 aliphatic heterocycles. The normalized spacial score (nSPS) is 27.9. The molecule has 0 bridgehead atoms. The van der Waals surface area contributed by atoms with Crippen molar-refractivity contribution in [1.82, 2.24) is 9.80 Å². The molecule has 0 aromatic carbocycles. The third-order valence-corrected chi connectivity index (χ3v) is 5.76. The summed E-state index contributed by atoms with van der Waals surface area (Å²) in [5.41, 5.74) is 0.584. The molecule has 2 fully saturated rings. The number of hydrogen-bond donors (Lipinski definition) is 0. The molecule has 2 aliphatic rings. The number of likely N-dealkylation sites (N-methyl/N-ethyl adjacent to an activating group) is 1. The molecular formula is C14H27BrN2. The van der Waals surface area contributed by atoms with Gasteiger partial charge in [0, 0.05) is 25.0 Å². The fourth-order valence-corrected chi connectivity index (χ4v) is 4.11. The van der Waals surface area contributed by atoms with Crippen molar-refractivity contribution in [2.24, 2.45) is 5.41 Å². The maximum absolute atomic E-state index is 3.79. The standard InChI is InChI=1S/C14H27BrN2/c1-16-8-5-9-17(11-10-16)13-14(12-15)6-3-2-4-7-14/h2-13H2,1H3. The van der Waals surface area contributed by atoms with Crippen LogP contribution in [-0.2, 0) is 0 Å². The quantitative estimate of drug-likeness (QED) is 0.740. The molecule has 1 aliphatic carbocycles. The van der Waals surface area contributed by atoms with Crippen LogP contribution >= 0.6 is 15.9 Å². The number of rotatable bonds is 3. The zero-order chi connectivity index (χ0) is 12.1. The van der Waals surface area contributed by atoms with Crippen molar-refractivity contribution in [3.8, 4) is 0 Å².